The van der Waals surface area contributed by atoms with E-state index in [1.54, 1.807) is 6.92 Å². The maximum atomic E-state index is 11.4. The lowest BCUT2D eigenvalue weighted by Gasteiger charge is -2.20. The number of carbonyl (C=O) groups excluding carboxylic acids is 1. The molecule has 0 aromatic rings. The zero-order chi connectivity index (χ0) is 9.19. The highest BCUT2D eigenvalue weighted by molar-refractivity contribution is 5.76. The fourth-order valence-corrected chi connectivity index (χ4v) is 1.70. The van der Waals surface area contributed by atoms with E-state index in [4.69, 9.17) is 4.74 Å². The van der Waals surface area contributed by atoms with Crippen molar-refractivity contribution < 1.29 is 14.6 Å². The predicted octanol–water partition coefficient (Wildman–Crippen LogP) is 1.10. The van der Waals surface area contributed by atoms with Gasteiger partial charge < -0.3 is 9.84 Å². The summed E-state index contributed by atoms with van der Waals surface area (Å²) in [4.78, 5) is 11.4. The van der Waals surface area contributed by atoms with Crippen molar-refractivity contribution in [2.24, 2.45) is 5.41 Å². The quantitative estimate of drug-likeness (QED) is 0.634. The first-order valence-electron chi connectivity index (χ1n) is 4.44. The highest BCUT2D eigenvalue weighted by Gasteiger charge is 2.41. The van der Waals surface area contributed by atoms with Crippen LogP contribution >= 0.6 is 0 Å². The summed E-state index contributed by atoms with van der Waals surface area (Å²) >= 11 is 0. The summed E-state index contributed by atoms with van der Waals surface area (Å²) in [5.74, 6) is -0.165. The Kier molecular flexibility index (Phi) is 2.73. The lowest BCUT2D eigenvalue weighted by atomic mass is 9.89. The van der Waals surface area contributed by atoms with E-state index in [1.165, 1.54) is 0 Å². The molecule has 0 heterocycles. The third-order valence-electron chi connectivity index (χ3n) is 2.48. The minimum atomic E-state index is -0.435. The number of hydrogen-bond donors (Lipinski definition) is 1. The van der Waals surface area contributed by atoms with Gasteiger partial charge in [-0.25, -0.2) is 0 Å². The van der Waals surface area contributed by atoms with E-state index in [-0.39, 0.29) is 12.1 Å². The van der Waals surface area contributed by atoms with Crippen molar-refractivity contribution in [1.82, 2.24) is 0 Å². The van der Waals surface area contributed by atoms with Gasteiger partial charge in [0.2, 0.25) is 0 Å². The van der Waals surface area contributed by atoms with Crippen molar-refractivity contribution in [3.63, 3.8) is 0 Å². The molecule has 1 aliphatic carbocycles. The van der Waals surface area contributed by atoms with Crippen LogP contribution in [0.4, 0.5) is 0 Å². The minimum absolute atomic E-state index is 0.165. The first-order chi connectivity index (χ1) is 5.58. The van der Waals surface area contributed by atoms with Crippen LogP contribution in [0.2, 0.25) is 0 Å². The molecule has 1 N–H and O–H groups in total. The molecule has 0 saturated heterocycles. The van der Waals surface area contributed by atoms with Gasteiger partial charge in [0.15, 0.2) is 0 Å². The molecule has 70 valence electrons. The van der Waals surface area contributed by atoms with Crippen molar-refractivity contribution in [2.75, 3.05) is 6.61 Å². The molecule has 0 bridgehead atoms. The number of ether oxygens (including phenoxy) is 1. The number of esters is 1. The molecule has 2 unspecified atom stereocenters. The van der Waals surface area contributed by atoms with Gasteiger partial charge in [0.1, 0.15) is 0 Å². The number of aliphatic hydroxyl groups is 1. The summed E-state index contributed by atoms with van der Waals surface area (Å²) in [7, 11) is 0. The molecular weight excluding hydrogens is 156 g/mol. The van der Waals surface area contributed by atoms with Crippen LogP contribution in [0.3, 0.4) is 0 Å². The topological polar surface area (TPSA) is 46.5 Å². The van der Waals surface area contributed by atoms with Crippen LogP contribution in [0.15, 0.2) is 0 Å². The van der Waals surface area contributed by atoms with Gasteiger partial charge in [-0.3, -0.25) is 4.79 Å². The number of aliphatic hydroxyl groups excluding tert-OH is 1. The molecule has 0 aliphatic heterocycles. The van der Waals surface area contributed by atoms with E-state index in [1.807, 2.05) is 6.92 Å². The molecule has 12 heavy (non-hydrogen) atoms. The Labute approximate surface area is 72.7 Å². The molecule has 0 aromatic carbocycles. The molecule has 1 aliphatic rings. The second kappa shape index (κ2) is 3.44. The van der Waals surface area contributed by atoms with Crippen molar-refractivity contribution in [1.29, 1.82) is 0 Å². The van der Waals surface area contributed by atoms with Crippen LogP contribution in [0.5, 0.6) is 0 Å². The summed E-state index contributed by atoms with van der Waals surface area (Å²) in [6, 6.07) is 0. The molecule has 0 amide bonds. The van der Waals surface area contributed by atoms with Crippen molar-refractivity contribution in [3.8, 4) is 0 Å². The molecule has 0 spiro atoms. The number of carbonyl (C=O) groups is 1. The summed E-state index contributed by atoms with van der Waals surface area (Å²) in [6.45, 7) is 4.08. The van der Waals surface area contributed by atoms with Crippen molar-refractivity contribution in [3.05, 3.63) is 0 Å². The van der Waals surface area contributed by atoms with E-state index in [0.29, 0.717) is 13.0 Å². The lowest BCUT2D eigenvalue weighted by molar-refractivity contribution is -0.154. The van der Waals surface area contributed by atoms with Crippen LogP contribution in [0.25, 0.3) is 0 Å². The Morgan fingerprint density at radius 2 is 2.42 bits per heavy atom. The van der Waals surface area contributed by atoms with Gasteiger partial charge in [0.25, 0.3) is 0 Å². The Hall–Kier alpha value is -0.570. The number of rotatable bonds is 2. The highest BCUT2D eigenvalue weighted by atomic mass is 16.5. The molecule has 3 heteroatoms. The first-order valence-corrected chi connectivity index (χ1v) is 4.44. The van der Waals surface area contributed by atoms with Crippen LogP contribution < -0.4 is 0 Å². The smallest absolute Gasteiger partial charge is 0.311 e. The van der Waals surface area contributed by atoms with Gasteiger partial charge in [0.05, 0.1) is 18.1 Å². The largest absolute Gasteiger partial charge is 0.466 e. The van der Waals surface area contributed by atoms with Crippen molar-refractivity contribution in [2.45, 2.75) is 39.2 Å². The van der Waals surface area contributed by atoms with Crippen LogP contribution in [-0.4, -0.2) is 23.8 Å². The second-order valence-corrected chi connectivity index (χ2v) is 3.68. The zero-order valence-corrected chi connectivity index (χ0v) is 7.67. The molecule has 1 rings (SSSR count). The van der Waals surface area contributed by atoms with Crippen LogP contribution in [-0.2, 0) is 9.53 Å². The normalized spacial score (nSPS) is 35.1. The molecule has 2 atom stereocenters. The van der Waals surface area contributed by atoms with Crippen LogP contribution in [0.1, 0.15) is 33.1 Å². The second-order valence-electron chi connectivity index (χ2n) is 3.68. The van der Waals surface area contributed by atoms with E-state index in [0.717, 1.165) is 12.8 Å². The Morgan fingerprint density at radius 1 is 1.75 bits per heavy atom. The first kappa shape index (κ1) is 9.52. The maximum Gasteiger partial charge on any atom is 0.311 e. The van der Waals surface area contributed by atoms with E-state index >= 15 is 0 Å². The fourth-order valence-electron chi connectivity index (χ4n) is 1.70. The lowest BCUT2D eigenvalue weighted by Crippen LogP contribution is -2.27. The Balaban J connectivity index is 2.54. The van der Waals surface area contributed by atoms with Gasteiger partial charge in [-0.2, -0.15) is 0 Å². The molecule has 0 aromatic heterocycles. The van der Waals surface area contributed by atoms with Gasteiger partial charge >= 0.3 is 5.97 Å². The maximum absolute atomic E-state index is 11.4. The van der Waals surface area contributed by atoms with Crippen molar-refractivity contribution >= 4 is 5.97 Å². The van der Waals surface area contributed by atoms with Crippen LogP contribution in [0, 0.1) is 5.41 Å². The summed E-state index contributed by atoms with van der Waals surface area (Å²) < 4.78 is 4.93. The minimum Gasteiger partial charge on any atom is -0.466 e. The van der Waals surface area contributed by atoms with E-state index < -0.39 is 5.41 Å². The summed E-state index contributed by atoms with van der Waals surface area (Å²) in [5, 5.41) is 9.27. The van der Waals surface area contributed by atoms with Gasteiger partial charge in [-0.1, -0.05) is 0 Å². The van der Waals surface area contributed by atoms with Gasteiger partial charge in [0, 0.05) is 0 Å². The third kappa shape index (κ3) is 1.78. The number of hydrogen-bond acceptors (Lipinski definition) is 3. The monoisotopic (exact) mass is 172 g/mol. The highest BCUT2D eigenvalue weighted by Crippen LogP contribution is 2.38. The molecule has 1 fully saturated rings. The molecule has 0 radical (unpaired) electrons. The summed E-state index contributed by atoms with van der Waals surface area (Å²) in [6.07, 6.45) is 1.69. The Bertz CT molecular complexity index is 179. The fraction of sp³-hybridized carbons (Fsp3) is 0.889. The zero-order valence-electron chi connectivity index (χ0n) is 7.67. The average Bonchev–Trinajstić information content (AvgIpc) is 2.33. The third-order valence-corrected chi connectivity index (χ3v) is 2.48. The van der Waals surface area contributed by atoms with E-state index in [2.05, 4.69) is 0 Å². The van der Waals surface area contributed by atoms with Gasteiger partial charge in [-0.15, -0.1) is 0 Å². The SMILES string of the molecule is CCOC(=O)C1(C)CCC(O)C1. The molecule has 1 saturated carbocycles. The molecule has 3 nitrogen and oxygen atoms in total. The standard InChI is InChI=1S/C9H16O3/c1-3-12-8(11)9(2)5-4-7(10)6-9/h7,10H,3-6H2,1-2H3. The Morgan fingerprint density at radius 3 is 2.83 bits per heavy atom. The molecular formula is C9H16O3. The average molecular weight is 172 g/mol. The predicted molar refractivity (Wildman–Crippen MR) is 44.6 cm³/mol. The van der Waals surface area contributed by atoms with Gasteiger partial charge in [-0.05, 0) is 33.1 Å². The summed E-state index contributed by atoms with van der Waals surface area (Å²) in [5.41, 5.74) is -0.435. The van der Waals surface area contributed by atoms with E-state index in [9.17, 15) is 9.90 Å².